The SMILES string of the molecule is C=C(F)C(=O)N1CCN(c2nc(OCCNC(=O)C(C)C)nc3c(F)c(-c4cccc5ccc(F)c(Cl)c45)ncc23)C[C@@H]1CC#N. The maximum Gasteiger partial charge on any atom is 0.319 e. The van der Waals surface area contributed by atoms with E-state index in [2.05, 4.69) is 26.8 Å². The Morgan fingerprint density at radius 3 is 2.72 bits per heavy atom. The minimum Gasteiger partial charge on any atom is -0.462 e. The van der Waals surface area contributed by atoms with Crippen molar-refractivity contribution in [1.29, 1.82) is 5.26 Å². The second kappa shape index (κ2) is 13.6. The molecule has 1 saturated heterocycles. The van der Waals surface area contributed by atoms with Gasteiger partial charge in [-0.05, 0) is 11.5 Å². The molecule has 46 heavy (non-hydrogen) atoms. The zero-order chi connectivity index (χ0) is 33.1. The summed E-state index contributed by atoms with van der Waals surface area (Å²) in [4.78, 5) is 40.6. The number of carbonyl (C=O) groups is 2. The van der Waals surface area contributed by atoms with Crippen LogP contribution >= 0.6 is 11.6 Å². The number of rotatable bonds is 9. The van der Waals surface area contributed by atoms with Gasteiger partial charge in [-0.25, -0.2) is 13.2 Å². The summed E-state index contributed by atoms with van der Waals surface area (Å²) in [6.07, 6.45) is 1.27. The van der Waals surface area contributed by atoms with Crippen molar-refractivity contribution in [3.8, 4) is 23.3 Å². The van der Waals surface area contributed by atoms with Crippen molar-refractivity contribution in [3.63, 3.8) is 0 Å². The summed E-state index contributed by atoms with van der Waals surface area (Å²) in [5.41, 5.74) is -0.0501. The number of anilines is 1. The molecule has 2 amide bonds. The predicted octanol–water partition coefficient (Wildman–Crippen LogP) is 5.34. The molecule has 0 aliphatic carbocycles. The Hall–Kier alpha value is -4.96. The smallest absolute Gasteiger partial charge is 0.319 e. The highest BCUT2D eigenvalue weighted by atomic mass is 35.5. The maximum absolute atomic E-state index is 16.5. The molecule has 1 aliphatic heterocycles. The van der Waals surface area contributed by atoms with Gasteiger partial charge in [-0.15, -0.1) is 0 Å². The molecule has 4 aromatic rings. The lowest BCUT2D eigenvalue weighted by Crippen LogP contribution is -2.55. The third-order valence-electron chi connectivity index (χ3n) is 7.59. The average molecular weight is 652 g/mol. The van der Waals surface area contributed by atoms with Crippen LogP contribution in [0.2, 0.25) is 5.02 Å². The van der Waals surface area contributed by atoms with Crippen molar-refractivity contribution >= 4 is 50.9 Å². The van der Waals surface area contributed by atoms with E-state index in [1.54, 1.807) is 36.9 Å². The van der Waals surface area contributed by atoms with Crippen molar-refractivity contribution < 1.29 is 27.5 Å². The van der Waals surface area contributed by atoms with Crippen LogP contribution in [-0.2, 0) is 9.59 Å². The number of nitrogens with zero attached hydrogens (tertiary/aromatic N) is 6. The number of pyridine rings is 1. The Morgan fingerprint density at radius 2 is 2.00 bits per heavy atom. The number of amides is 2. The zero-order valence-corrected chi connectivity index (χ0v) is 25.7. The van der Waals surface area contributed by atoms with Crippen LogP contribution < -0.4 is 15.0 Å². The van der Waals surface area contributed by atoms with E-state index in [9.17, 15) is 23.6 Å². The number of piperazine rings is 1. The molecule has 14 heteroatoms. The van der Waals surface area contributed by atoms with Crippen LogP contribution in [0.15, 0.2) is 48.9 Å². The molecule has 1 atom stereocenters. The maximum atomic E-state index is 16.5. The van der Waals surface area contributed by atoms with Crippen molar-refractivity contribution in [2.24, 2.45) is 5.92 Å². The van der Waals surface area contributed by atoms with Gasteiger partial charge in [-0.2, -0.15) is 15.2 Å². The number of hydrogen-bond donors (Lipinski definition) is 1. The van der Waals surface area contributed by atoms with Gasteiger partial charge >= 0.3 is 6.01 Å². The number of halogens is 4. The van der Waals surface area contributed by atoms with Gasteiger partial charge in [0.2, 0.25) is 5.91 Å². The minimum atomic E-state index is -1.14. The normalized spacial score (nSPS) is 14.9. The number of nitrogens with one attached hydrogen (secondary N) is 1. The van der Waals surface area contributed by atoms with Crippen LogP contribution in [0.3, 0.4) is 0 Å². The molecule has 1 fully saturated rings. The predicted molar refractivity (Wildman–Crippen MR) is 167 cm³/mol. The standard InChI is InChI=1S/C32H29ClF3N7O3/c1-17(2)30(44)38-11-14-46-32-40-28-22(29(41-32)42-12-13-43(31(45)18(3)34)20(16-42)9-10-37)15-39-27(26(28)36)21-6-4-5-19-7-8-23(35)25(33)24(19)21/h4-8,15,17,20H,3,9,11-14,16H2,1-2H3,(H,38,44)/t20-/m0/s1. The third-order valence-corrected chi connectivity index (χ3v) is 7.96. The quantitative estimate of drug-likeness (QED) is 0.190. The Kier molecular flexibility index (Phi) is 9.57. The van der Waals surface area contributed by atoms with Crippen LogP contribution in [0, 0.1) is 28.9 Å². The number of carbonyl (C=O) groups excluding carboxylic acids is 2. The number of fused-ring (bicyclic) bond motifs is 2. The Bertz CT molecular complexity index is 1900. The number of nitriles is 1. The highest BCUT2D eigenvalue weighted by Gasteiger charge is 2.33. The Balaban J connectivity index is 1.60. The van der Waals surface area contributed by atoms with E-state index < -0.39 is 29.4 Å². The van der Waals surface area contributed by atoms with E-state index in [0.29, 0.717) is 5.39 Å². The Labute approximate surface area is 267 Å². The highest BCUT2D eigenvalue weighted by Crippen LogP contribution is 2.38. The molecule has 2 aromatic carbocycles. The van der Waals surface area contributed by atoms with Crippen LogP contribution in [-0.4, -0.2) is 70.5 Å². The monoisotopic (exact) mass is 651 g/mol. The van der Waals surface area contributed by atoms with E-state index in [4.69, 9.17) is 16.3 Å². The lowest BCUT2D eigenvalue weighted by Gasteiger charge is -2.41. The molecule has 2 aromatic heterocycles. The molecule has 0 spiro atoms. The van der Waals surface area contributed by atoms with Crippen LogP contribution in [0.5, 0.6) is 6.01 Å². The van der Waals surface area contributed by atoms with Crippen LogP contribution in [0.1, 0.15) is 20.3 Å². The van der Waals surface area contributed by atoms with E-state index in [0.717, 1.165) is 0 Å². The molecule has 1 N–H and O–H groups in total. The van der Waals surface area contributed by atoms with Gasteiger partial charge in [0, 0.05) is 42.7 Å². The first kappa shape index (κ1) is 32.4. The fraction of sp³-hybridized carbons (Fsp3) is 0.312. The van der Waals surface area contributed by atoms with E-state index in [1.165, 1.54) is 23.2 Å². The molecule has 0 unspecified atom stereocenters. The summed E-state index contributed by atoms with van der Waals surface area (Å²) in [6, 6.07) is 8.81. The lowest BCUT2D eigenvalue weighted by atomic mass is 10.0. The molecule has 238 valence electrons. The number of benzene rings is 2. The third kappa shape index (κ3) is 6.39. The summed E-state index contributed by atoms with van der Waals surface area (Å²) in [5.74, 6) is -3.78. The van der Waals surface area contributed by atoms with Gasteiger partial charge in [0.15, 0.2) is 11.6 Å². The van der Waals surface area contributed by atoms with Crippen molar-refractivity contribution in [2.75, 3.05) is 37.7 Å². The summed E-state index contributed by atoms with van der Waals surface area (Å²) < 4.78 is 50.5. The van der Waals surface area contributed by atoms with Gasteiger partial charge in [0.05, 0.1) is 35.5 Å². The van der Waals surface area contributed by atoms with Gasteiger partial charge in [0.1, 0.15) is 29.5 Å². The summed E-state index contributed by atoms with van der Waals surface area (Å²) in [7, 11) is 0. The van der Waals surface area contributed by atoms with Gasteiger partial charge in [-0.3, -0.25) is 14.6 Å². The van der Waals surface area contributed by atoms with E-state index in [1.807, 2.05) is 6.07 Å². The van der Waals surface area contributed by atoms with E-state index >= 15 is 4.39 Å². The molecular formula is C32H29ClF3N7O3. The lowest BCUT2D eigenvalue weighted by molar-refractivity contribution is -0.131. The molecule has 0 bridgehead atoms. The molecule has 3 heterocycles. The molecule has 5 rings (SSSR count). The van der Waals surface area contributed by atoms with Crippen molar-refractivity contribution in [2.45, 2.75) is 26.3 Å². The number of aromatic nitrogens is 3. The van der Waals surface area contributed by atoms with Gasteiger partial charge in [0.25, 0.3) is 5.91 Å². The first-order chi connectivity index (χ1) is 22.0. The summed E-state index contributed by atoms with van der Waals surface area (Å²) in [6.45, 7) is 6.93. The molecule has 10 nitrogen and oxygen atoms in total. The molecule has 1 aliphatic rings. The van der Waals surface area contributed by atoms with Gasteiger partial charge < -0.3 is 19.9 Å². The first-order valence-electron chi connectivity index (χ1n) is 14.4. The fourth-order valence-electron chi connectivity index (χ4n) is 5.29. The van der Waals surface area contributed by atoms with E-state index in [-0.39, 0.29) is 95.4 Å². The van der Waals surface area contributed by atoms with Crippen LogP contribution in [0.4, 0.5) is 19.0 Å². The summed E-state index contributed by atoms with van der Waals surface area (Å²) >= 11 is 6.32. The number of ether oxygens (including phenoxy) is 1. The molecular weight excluding hydrogens is 623 g/mol. The van der Waals surface area contributed by atoms with Gasteiger partial charge in [-0.1, -0.05) is 56.3 Å². The minimum absolute atomic E-state index is 0.0286. The largest absolute Gasteiger partial charge is 0.462 e. The van der Waals surface area contributed by atoms with Crippen LogP contribution in [0.25, 0.3) is 32.9 Å². The zero-order valence-electron chi connectivity index (χ0n) is 25.0. The number of hydrogen-bond acceptors (Lipinski definition) is 8. The fourth-order valence-corrected chi connectivity index (χ4v) is 5.57. The molecule has 0 radical (unpaired) electrons. The van der Waals surface area contributed by atoms with Crippen molar-refractivity contribution in [1.82, 2.24) is 25.2 Å². The highest BCUT2D eigenvalue weighted by molar-refractivity contribution is 6.36. The second-order valence-electron chi connectivity index (χ2n) is 10.9. The molecule has 0 saturated carbocycles. The summed E-state index contributed by atoms with van der Waals surface area (Å²) in [5, 5.41) is 13.0. The topological polar surface area (TPSA) is 124 Å². The second-order valence-corrected chi connectivity index (χ2v) is 11.3. The Morgan fingerprint density at radius 1 is 1.22 bits per heavy atom. The first-order valence-corrected chi connectivity index (χ1v) is 14.8. The average Bonchev–Trinajstić information content (AvgIpc) is 3.04. The van der Waals surface area contributed by atoms with Crippen molar-refractivity contribution in [3.05, 3.63) is 65.6 Å².